The van der Waals surface area contributed by atoms with E-state index in [0.717, 1.165) is 16.9 Å². The van der Waals surface area contributed by atoms with Gasteiger partial charge in [-0.1, -0.05) is 53.6 Å². The first-order valence-electron chi connectivity index (χ1n) is 11.3. The van der Waals surface area contributed by atoms with Gasteiger partial charge in [-0.05, 0) is 42.3 Å². The molecule has 0 bridgehead atoms. The minimum atomic E-state index is -1.06. The van der Waals surface area contributed by atoms with Crippen molar-refractivity contribution in [2.75, 3.05) is 4.90 Å². The van der Waals surface area contributed by atoms with Crippen molar-refractivity contribution in [2.45, 2.75) is 19.4 Å². The normalized spacial score (nSPS) is 11.9. The number of carboxylic acid groups (broad SMARTS) is 1. The van der Waals surface area contributed by atoms with Crippen LogP contribution in [0.1, 0.15) is 34.5 Å². The maximum absolute atomic E-state index is 12.7. The number of nitrogens with zero attached hydrogens (tertiary/aromatic N) is 4. The summed E-state index contributed by atoms with van der Waals surface area (Å²) in [5.74, 6) is -1.80. The molecule has 0 fully saturated rings. The molecule has 0 amide bonds. The lowest BCUT2D eigenvalue weighted by Gasteiger charge is -2.21. The Balaban J connectivity index is 1.44. The quantitative estimate of drug-likeness (QED) is 0.201. The van der Waals surface area contributed by atoms with Gasteiger partial charge in [0.15, 0.2) is 5.78 Å². The summed E-state index contributed by atoms with van der Waals surface area (Å²) in [7, 11) is 0. The number of rotatable bonds is 11. The Morgan fingerprint density at radius 2 is 1.70 bits per heavy atom. The number of halogens is 2. The van der Waals surface area contributed by atoms with Crippen molar-refractivity contribution < 1.29 is 14.7 Å². The van der Waals surface area contributed by atoms with Gasteiger partial charge < -0.3 is 10.0 Å². The van der Waals surface area contributed by atoms with E-state index in [2.05, 4.69) is 15.0 Å². The van der Waals surface area contributed by atoms with E-state index in [1.165, 1.54) is 11.3 Å². The standard InChI is InChI=1S/C27H22Cl2N4O3S/c28-22-6-2-7-23(29)25(22)24(34)14-19(26(35)36)5-1-4-18-8-10-21(11-9-18)33(15-20-16-37-17-32-20)27-30-12-3-13-31-27/h1-4,6-13,16-17,19H,5,14-15H2,(H,35,36)/b4-1+. The maximum Gasteiger partial charge on any atom is 0.307 e. The van der Waals surface area contributed by atoms with Gasteiger partial charge in [0.05, 0.1) is 39.3 Å². The predicted octanol–water partition coefficient (Wildman–Crippen LogP) is 6.96. The van der Waals surface area contributed by atoms with Gasteiger partial charge in [-0.3, -0.25) is 9.59 Å². The van der Waals surface area contributed by atoms with Gasteiger partial charge in [0.1, 0.15) is 0 Å². The average Bonchev–Trinajstić information content (AvgIpc) is 3.41. The lowest BCUT2D eigenvalue weighted by Crippen LogP contribution is -2.19. The van der Waals surface area contributed by atoms with Gasteiger partial charge in [0.25, 0.3) is 0 Å². The fourth-order valence-corrected chi connectivity index (χ4v) is 4.84. The van der Waals surface area contributed by atoms with Gasteiger partial charge in [-0.25, -0.2) is 15.0 Å². The van der Waals surface area contributed by atoms with Gasteiger partial charge in [0, 0.05) is 29.9 Å². The van der Waals surface area contributed by atoms with Crippen LogP contribution in [0.2, 0.25) is 10.0 Å². The number of hydrogen-bond acceptors (Lipinski definition) is 7. The molecule has 1 N–H and O–H groups in total. The van der Waals surface area contributed by atoms with E-state index in [9.17, 15) is 14.7 Å². The molecule has 188 valence electrons. The highest BCUT2D eigenvalue weighted by Crippen LogP contribution is 2.28. The van der Waals surface area contributed by atoms with Gasteiger partial charge >= 0.3 is 5.97 Å². The number of anilines is 2. The van der Waals surface area contributed by atoms with Crippen LogP contribution in [0.5, 0.6) is 0 Å². The highest BCUT2D eigenvalue weighted by Gasteiger charge is 2.23. The second kappa shape index (κ2) is 12.6. The summed E-state index contributed by atoms with van der Waals surface area (Å²) in [5.41, 5.74) is 4.63. The summed E-state index contributed by atoms with van der Waals surface area (Å²) >= 11 is 13.7. The first-order chi connectivity index (χ1) is 17.9. The van der Waals surface area contributed by atoms with Crippen LogP contribution in [-0.2, 0) is 11.3 Å². The Morgan fingerprint density at radius 1 is 1.00 bits per heavy atom. The number of aromatic nitrogens is 3. The van der Waals surface area contributed by atoms with E-state index in [-0.39, 0.29) is 28.5 Å². The first-order valence-corrected chi connectivity index (χ1v) is 13.0. The van der Waals surface area contributed by atoms with Crippen LogP contribution in [0, 0.1) is 5.92 Å². The van der Waals surface area contributed by atoms with Gasteiger partial charge in [0.2, 0.25) is 5.95 Å². The molecule has 7 nitrogen and oxygen atoms in total. The van der Waals surface area contributed by atoms with Crippen LogP contribution in [-0.4, -0.2) is 31.8 Å². The van der Waals surface area contributed by atoms with Gasteiger partial charge in [-0.2, -0.15) is 0 Å². The van der Waals surface area contributed by atoms with E-state index < -0.39 is 17.7 Å². The molecule has 1 unspecified atom stereocenters. The fourth-order valence-electron chi connectivity index (χ4n) is 3.68. The lowest BCUT2D eigenvalue weighted by molar-refractivity contribution is -0.141. The number of carbonyl (C=O) groups is 2. The van der Waals surface area contributed by atoms with Crippen LogP contribution in [0.25, 0.3) is 6.08 Å². The Kier molecular flexibility index (Phi) is 9.00. The summed E-state index contributed by atoms with van der Waals surface area (Å²) in [5, 5.41) is 12.0. The number of hydrogen-bond donors (Lipinski definition) is 1. The third kappa shape index (κ3) is 7.01. The fraction of sp³-hybridized carbons (Fsp3) is 0.148. The summed E-state index contributed by atoms with van der Waals surface area (Å²) in [6.07, 6.45) is 6.94. The predicted molar refractivity (Wildman–Crippen MR) is 147 cm³/mol. The second-order valence-electron chi connectivity index (χ2n) is 8.10. The molecule has 2 aromatic heterocycles. The number of carboxylic acids is 1. The number of carbonyl (C=O) groups excluding carboxylic acids is 1. The van der Waals surface area contributed by atoms with Crippen molar-refractivity contribution in [2.24, 2.45) is 5.92 Å². The number of ketones is 1. The van der Waals surface area contributed by atoms with E-state index in [1.54, 1.807) is 48.2 Å². The minimum Gasteiger partial charge on any atom is -0.481 e. The molecular weight excluding hydrogens is 531 g/mol. The third-order valence-electron chi connectivity index (χ3n) is 5.56. The summed E-state index contributed by atoms with van der Waals surface area (Å²) in [4.78, 5) is 39.6. The molecule has 0 aliphatic heterocycles. The molecule has 0 spiro atoms. The summed E-state index contributed by atoms with van der Waals surface area (Å²) in [6.45, 7) is 0.520. The monoisotopic (exact) mass is 552 g/mol. The highest BCUT2D eigenvalue weighted by atomic mass is 35.5. The van der Waals surface area contributed by atoms with E-state index in [0.29, 0.717) is 12.5 Å². The molecule has 4 aromatic rings. The summed E-state index contributed by atoms with van der Waals surface area (Å²) in [6, 6.07) is 14.2. The molecule has 2 aromatic carbocycles. The smallest absolute Gasteiger partial charge is 0.307 e. The third-order valence-corrected chi connectivity index (χ3v) is 6.82. The number of benzene rings is 2. The van der Waals surface area contributed by atoms with Crippen molar-refractivity contribution in [1.29, 1.82) is 0 Å². The van der Waals surface area contributed by atoms with E-state index in [1.807, 2.05) is 40.6 Å². The highest BCUT2D eigenvalue weighted by molar-refractivity contribution is 7.07. The molecule has 4 rings (SSSR count). The van der Waals surface area contributed by atoms with Crippen molar-refractivity contribution in [1.82, 2.24) is 15.0 Å². The molecule has 0 aliphatic carbocycles. The molecule has 0 aliphatic rings. The van der Waals surface area contributed by atoms with Crippen molar-refractivity contribution in [3.05, 3.63) is 105 Å². The average molecular weight is 553 g/mol. The van der Waals surface area contributed by atoms with Crippen molar-refractivity contribution in [3.8, 4) is 0 Å². The number of Topliss-reactive ketones (excluding diaryl/α,β-unsaturated/α-hetero) is 1. The minimum absolute atomic E-state index is 0.154. The van der Waals surface area contributed by atoms with E-state index >= 15 is 0 Å². The molecule has 0 saturated heterocycles. The molecule has 1 atom stereocenters. The summed E-state index contributed by atoms with van der Waals surface area (Å²) < 4.78 is 0. The first kappa shape index (κ1) is 26.5. The number of thiazole rings is 1. The van der Waals surface area contributed by atoms with Crippen LogP contribution < -0.4 is 4.90 Å². The molecular formula is C27H22Cl2N4O3S. The van der Waals surface area contributed by atoms with Crippen LogP contribution in [0.4, 0.5) is 11.6 Å². The Labute approximate surface area is 228 Å². The number of allylic oxidation sites excluding steroid dienone is 1. The zero-order chi connectivity index (χ0) is 26.2. The molecule has 10 heteroatoms. The zero-order valence-corrected chi connectivity index (χ0v) is 21.8. The Morgan fingerprint density at radius 3 is 2.32 bits per heavy atom. The van der Waals surface area contributed by atoms with Crippen molar-refractivity contribution >= 4 is 64.0 Å². The Hall–Kier alpha value is -3.59. The van der Waals surface area contributed by atoms with Crippen LogP contribution in [0.3, 0.4) is 0 Å². The van der Waals surface area contributed by atoms with Crippen LogP contribution in [0.15, 0.2) is 77.9 Å². The molecule has 2 heterocycles. The Bertz CT molecular complexity index is 1360. The second-order valence-corrected chi connectivity index (χ2v) is 9.64. The topological polar surface area (TPSA) is 96.3 Å². The molecule has 0 radical (unpaired) electrons. The number of aliphatic carboxylic acids is 1. The zero-order valence-electron chi connectivity index (χ0n) is 19.5. The van der Waals surface area contributed by atoms with Crippen molar-refractivity contribution in [3.63, 3.8) is 0 Å². The molecule has 0 saturated carbocycles. The SMILES string of the molecule is O=C(CC(C/C=C/c1ccc(N(Cc2cscn2)c2ncccn2)cc1)C(=O)O)c1c(Cl)cccc1Cl. The van der Waals surface area contributed by atoms with Crippen LogP contribution >= 0.6 is 34.5 Å². The van der Waals surface area contributed by atoms with E-state index in [4.69, 9.17) is 23.2 Å². The largest absolute Gasteiger partial charge is 0.481 e. The maximum atomic E-state index is 12.7. The lowest BCUT2D eigenvalue weighted by atomic mass is 9.95. The van der Waals surface area contributed by atoms with Gasteiger partial charge in [-0.15, -0.1) is 11.3 Å². The molecule has 37 heavy (non-hydrogen) atoms.